The molecule has 58 valence electrons. The molecule has 0 amide bonds. The van der Waals surface area contributed by atoms with Gasteiger partial charge in [0.15, 0.2) is 0 Å². The van der Waals surface area contributed by atoms with Crippen LogP contribution in [0.5, 0.6) is 0 Å². The SMILES string of the molecule is C1=c2cccnc2=CCC1.[Ni+2]. The van der Waals surface area contributed by atoms with Gasteiger partial charge in [-0.2, -0.15) is 0 Å². The molecule has 0 unspecified atom stereocenters. The smallest absolute Gasteiger partial charge is 0.257 e. The quantitative estimate of drug-likeness (QED) is 0.540. The fraction of sp³-hybridized carbons (Fsp3) is 0.222. The third-order valence-corrected chi connectivity index (χ3v) is 1.74. The van der Waals surface area contributed by atoms with Gasteiger partial charge in [0.05, 0.1) is 5.35 Å². The second-order valence-corrected chi connectivity index (χ2v) is 2.46. The zero-order chi connectivity index (χ0) is 6.81. The number of nitrogens with zero attached hydrogens (tertiary/aromatic N) is 1. The maximum absolute atomic E-state index is 4.23. The van der Waals surface area contributed by atoms with E-state index in [9.17, 15) is 0 Å². The van der Waals surface area contributed by atoms with Crippen molar-refractivity contribution in [2.24, 2.45) is 0 Å². The number of hydrogen-bond donors (Lipinski definition) is 0. The Morgan fingerprint density at radius 3 is 2.82 bits per heavy atom. The molecular weight excluding hydrogens is 181 g/mol. The summed E-state index contributed by atoms with van der Waals surface area (Å²) < 4.78 is 0. The Hall–Kier alpha value is -0.616. The fourth-order valence-electron chi connectivity index (χ4n) is 1.23. The van der Waals surface area contributed by atoms with Gasteiger partial charge in [0.1, 0.15) is 0 Å². The average Bonchev–Trinajstić information content (AvgIpc) is 2.05. The molecule has 2 heteroatoms. The largest absolute Gasteiger partial charge is 2.00 e. The van der Waals surface area contributed by atoms with Crippen LogP contribution in [0.15, 0.2) is 18.3 Å². The normalized spacial score (nSPS) is 13.5. The van der Waals surface area contributed by atoms with E-state index in [0.29, 0.717) is 0 Å². The van der Waals surface area contributed by atoms with Gasteiger partial charge in [-0.15, -0.1) is 0 Å². The molecule has 1 aromatic heterocycles. The van der Waals surface area contributed by atoms with Crippen LogP contribution in [-0.4, -0.2) is 4.98 Å². The van der Waals surface area contributed by atoms with Gasteiger partial charge in [0, 0.05) is 6.20 Å². The monoisotopic (exact) mass is 189 g/mol. The standard InChI is InChI=1S/C9H9N.Ni/c1-2-6-9-8(4-1)5-3-7-10-9;/h3-7H,1-2H2;/q;+2. The molecule has 1 aliphatic carbocycles. The van der Waals surface area contributed by atoms with Crippen molar-refractivity contribution < 1.29 is 16.5 Å². The van der Waals surface area contributed by atoms with Crippen LogP contribution in [-0.2, 0) is 16.5 Å². The van der Waals surface area contributed by atoms with E-state index in [-0.39, 0.29) is 16.5 Å². The zero-order valence-corrected chi connectivity index (χ0v) is 7.05. The third-order valence-electron chi connectivity index (χ3n) is 1.74. The molecule has 11 heavy (non-hydrogen) atoms. The summed E-state index contributed by atoms with van der Waals surface area (Å²) >= 11 is 0. The van der Waals surface area contributed by atoms with E-state index in [2.05, 4.69) is 23.2 Å². The van der Waals surface area contributed by atoms with Gasteiger partial charge in [-0.1, -0.05) is 18.2 Å². The second-order valence-electron chi connectivity index (χ2n) is 2.46. The number of hydrogen-bond acceptors (Lipinski definition) is 1. The maximum atomic E-state index is 4.23. The van der Waals surface area contributed by atoms with Crippen LogP contribution >= 0.6 is 0 Å². The summed E-state index contributed by atoms with van der Waals surface area (Å²) in [7, 11) is 0. The van der Waals surface area contributed by atoms with Gasteiger partial charge in [-0.3, -0.25) is 4.98 Å². The molecule has 1 aromatic rings. The van der Waals surface area contributed by atoms with Crippen molar-refractivity contribution in [1.82, 2.24) is 4.98 Å². The van der Waals surface area contributed by atoms with Crippen LogP contribution in [0, 0.1) is 0 Å². The summed E-state index contributed by atoms with van der Waals surface area (Å²) in [4.78, 5) is 4.23. The minimum absolute atomic E-state index is 0. The Bertz CT molecular complexity index is 308. The molecule has 1 aliphatic rings. The van der Waals surface area contributed by atoms with Crippen LogP contribution in [0.1, 0.15) is 12.8 Å². The Morgan fingerprint density at radius 1 is 1.18 bits per heavy atom. The van der Waals surface area contributed by atoms with Crippen molar-refractivity contribution in [3.8, 4) is 0 Å². The molecule has 0 aromatic carbocycles. The van der Waals surface area contributed by atoms with Crippen LogP contribution in [0.2, 0.25) is 0 Å². The number of aromatic nitrogens is 1. The molecule has 1 nitrogen and oxygen atoms in total. The van der Waals surface area contributed by atoms with Crippen molar-refractivity contribution >= 4 is 12.2 Å². The minimum Gasteiger partial charge on any atom is -0.257 e. The molecule has 0 saturated heterocycles. The van der Waals surface area contributed by atoms with Gasteiger partial charge in [0.2, 0.25) is 0 Å². The van der Waals surface area contributed by atoms with E-state index < -0.39 is 0 Å². The Kier molecular flexibility index (Phi) is 2.84. The first-order chi connectivity index (χ1) is 4.97. The first-order valence-electron chi connectivity index (χ1n) is 3.58. The van der Waals surface area contributed by atoms with Crippen LogP contribution in [0.4, 0.5) is 0 Å². The molecule has 1 heterocycles. The summed E-state index contributed by atoms with van der Waals surface area (Å²) in [5, 5.41) is 2.43. The number of rotatable bonds is 0. The summed E-state index contributed by atoms with van der Waals surface area (Å²) in [6.45, 7) is 0. The van der Waals surface area contributed by atoms with Gasteiger partial charge >= 0.3 is 16.5 Å². The molecule has 0 N–H and O–H groups in total. The predicted molar refractivity (Wildman–Crippen MR) is 41.7 cm³/mol. The Morgan fingerprint density at radius 2 is 2.00 bits per heavy atom. The van der Waals surface area contributed by atoms with Gasteiger partial charge in [-0.25, -0.2) is 0 Å². The van der Waals surface area contributed by atoms with Crippen LogP contribution in [0.3, 0.4) is 0 Å². The van der Waals surface area contributed by atoms with Crippen molar-refractivity contribution in [3.63, 3.8) is 0 Å². The van der Waals surface area contributed by atoms with Gasteiger partial charge in [-0.05, 0) is 24.1 Å². The van der Waals surface area contributed by atoms with E-state index >= 15 is 0 Å². The second kappa shape index (κ2) is 3.68. The number of fused-ring (bicyclic) bond motifs is 1. The van der Waals surface area contributed by atoms with Gasteiger partial charge in [0.25, 0.3) is 0 Å². The van der Waals surface area contributed by atoms with Gasteiger partial charge < -0.3 is 0 Å². The van der Waals surface area contributed by atoms with E-state index in [1.807, 2.05) is 12.3 Å². The van der Waals surface area contributed by atoms with Crippen LogP contribution < -0.4 is 10.6 Å². The molecule has 0 bridgehead atoms. The first kappa shape index (κ1) is 8.48. The predicted octanol–water partition coefficient (Wildman–Crippen LogP) is 0.434. The molecular formula is C9H9NNi+2. The zero-order valence-electron chi connectivity index (χ0n) is 6.06. The van der Waals surface area contributed by atoms with Crippen molar-refractivity contribution in [2.45, 2.75) is 12.8 Å². The van der Waals surface area contributed by atoms with Crippen molar-refractivity contribution in [3.05, 3.63) is 28.9 Å². The van der Waals surface area contributed by atoms with E-state index in [1.54, 1.807) is 0 Å². The molecule has 0 atom stereocenters. The minimum atomic E-state index is 0. The first-order valence-corrected chi connectivity index (χ1v) is 3.58. The van der Waals surface area contributed by atoms with E-state index in [4.69, 9.17) is 0 Å². The molecule has 0 saturated carbocycles. The molecule has 2 rings (SSSR count). The molecule has 0 spiro atoms. The maximum Gasteiger partial charge on any atom is 2.00 e. The molecule has 0 fully saturated rings. The molecule has 0 radical (unpaired) electrons. The summed E-state index contributed by atoms with van der Waals surface area (Å²) in [6.07, 6.45) is 8.58. The van der Waals surface area contributed by atoms with E-state index in [0.717, 1.165) is 11.8 Å². The van der Waals surface area contributed by atoms with E-state index in [1.165, 1.54) is 11.6 Å². The molecule has 0 aliphatic heterocycles. The Balaban J connectivity index is 0.000000605. The number of pyridine rings is 1. The third kappa shape index (κ3) is 1.69. The summed E-state index contributed by atoms with van der Waals surface area (Å²) in [5.74, 6) is 0. The fourth-order valence-corrected chi connectivity index (χ4v) is 1.23. The van der Waals surface area contributed by atoms with Crippen molar-refractivity contribution in [2.75, 3.05) is 0 Å². The summed E-state index contributed by atoms with van der Waals surface area (Å²) in [6, 6.07) is 4.09. The summed E-state index contributed by atoms with van der Waals surface area (Å²) in [5.41, 5.74) is 0. The topological polar surface area (TPSA) is 12.9 Å². The Labute approximate surface area is 75.8 Å². The average molecular weight is 190 g/mol. The van der Waals surface area contributed by atoms with Crippen LogP contribution in [0.25, 0.3) is 12.2 Å². The van der Waals surface area contributed by atoms with Crippen molar-refractivity contribution in [1.29, 1.82) is 0 Å².